The van der Waals surface area contributed by atoms with Gasteiger partial charge in [0.15, 0.2) is 0 Å². The zero-order valence-electron chi connectivity index (χ0n) is 8.98. The Hall–Kier alpha value is 2.05. The SMILES string of the molecule is O=P([O-])([O-])CP(=O)([O-])[O-].O=P12CP3(=O)[O][Sn]([O]1)([O]2)[O]3.[Tc+4]. The van der Waals surface area contributed by atoms with Crippen LogP contribution in [0.25, 0.3) is 0 Å². The zero-order valence-corrected chi connectivity index (χ0v) is 17.3. The summed E-state index contributed by atoms with van der Waals surface area (Å²) >= 11 is -3.66. The first-order valence-electron chi connectivity index (χ1n) is 4.27. The Balaban J connectivity index is 0.000000193. The number of rotatable bonds is 2. The molecule has 20 heavy (non-hydrogen) atoms. The van der Waals surface area contributed by atoms with E-state index in [4.69, 9.17) is 11.4 Å². The third-order valence-electron chi connectivity index (χ3n) is 1.70. The topological polar surface area (TPSA) is 197 Å². The van der Waals surface area contributed by atoms with Gasteiger partial charge in [0.05, 0.1) is 0 Å². The second-order valence-corrected chi connectivity index (χ2v) is 20.6. The fourth-order valence-electron chi connectivity index (χ4n) is 1.30. The van der Waals surface area contributed by atoms with Gasteiger partial charge in [-0.05, 0) is 0 Å². The Morgan fingerprint density at radius 3 is 1.30 bits per heavy atom. The van der Waals surface area contributed by atoms with Crippen molar-refractivity contribution in [3.63, 3.8) is 0 Å². The molecule has 3 bridgehead atoms. The fraction of sp³-hybridized carbons (Fsp3) is 1.00. The molecular weight excluding hydrogens is 557 g/mol. The standard InChI is InChI=1S/2CH6O6P2.Sn.Tc/c2*2-8(3,4)1-9(5,6)7;;/h2*1H2,(H2,2,3,4)(H2,5,6,7);;/q;;2*+4/p-8. The van der Waals surface area contributed by atoms with Crippen molar-refractivity contribution in [2.45, 2.75) is 0 Å². The zero-order chi connectivity index (χ0) is 14.7. The van der Waals surface area contributed by atoms with Crippen LogP contribution in [0.15, 0.2) is 0 Å². The van der Waals surface area contributed by atoms with E-state index < -0.39 is 56.3 Å². The van der Waals surface area contributed by atoms with E-state index in [-0.39, 0.29) is 26.0 Å². The molecule has 5 saturated heterocycles. The van der Waals surface area contributed by atoms with Crippen molar-refractivity contribution >= 4 is 50.4 Å². The third kappa shape index (κ3) is 5.02. The molecule has 5 heterocycles. The van der Waals surface area contributed by atoms with Gasteiger partial charge in [0.1, 0.15) is 0 Å². The quantitative estimate of drug-likeness (QED) is 0.258. The maximum Gasteiger partial charge on any atom is 4.00 e. The molecule has 18 heteroatoms. The van der Waals surface area contributed by atoms with E-state index in [9.17, 15) is 37.8 Å². The van der Waals surface area contributed by atoms with Crippen molar-refractivity contribution in [2.75, 3.05) is 11.8 Å². The average Bonchev–Trinajstić information content (AvgIpc) is 1.87. The van der Waals surface area contributed by atoms with Crippen LogP contribution in [0.4, 0.5) is 0 Å². The molecule has 5 aliphatic heterocycles. The molecule has 0 aromatic heterocycles. The minimum absolute atomic E-state index is 0. The van der Waals surface area contributed by atoms with E-state index in [1.54, 1.807) is 0 Å². The molecule has 5 rings (SSSR count). The fourth-order valence-corrected chi connectivity index (χ4v) is 28.8. The van der Waals surface area contributed by atoms with Gasteiger partial charge in [0.25, 0.3) is 0 Å². The molecule has 1 radical (unpaired) electrons. The van der Waals surface area contributed by atoms with Gasteiger partial charge in [-0.2, -0.15) is 0 Å². The summed E-state index contributed by atoms with van der Waals surface area (Å²) in [6.45, 7) is 0. The smallest absolute Gasteiger partial charge is 4.00 e. The maximum absolute atomic E-state index is 11.0. The van der Waals surface area contributed by atoms with Crippen LogP contribution in [0.1, 0.15) is 0 Å². The van der Waals surface area contributed by atoms with E-state index in [1.165, 1.54) is 0 Å². The Bertz CT molecular complexity index is 515. The van der Waals surface area contributed by atoms with E-state index in [1.807, 2.05) is 0 Å². The predicted octanol–water partition coefficient (Wildman–Crippen LogP) is -2.36. The van der Waals surface area contributed by atoms with Crippen LogP contribution < -0.4 is 19.6 Å². The third-order valence-corrected chi connectivity index (χ3v) is 26.4. The van der Waals surface area contributed by atoms with Crippen molar-refractivity contribution in [1.29, 1.82) is 0 Å². The second-order valence-electron chi connectivity index (χ2n) is 3.59. The summed E-state index contributed by atoms with van der Waals surface area (Å²) in [5.41, 5.74) is 0. The van der Waals surface area contributed by atoms with Crippen LogP contribution >= 0.6 is 30.4 Å². The molecule has 115 valence electrons. The van der Waals surface area contributed by atoms with Crippen LogP contribution in [0.2, 0.25) is 0 Å². The summed E-state index contributed by atoms with van der Waals surface area (Å²) in [4.78, 5) is 38.2. The maximum atomic E-state index is 11.0. The summed E-state index contributed by atoms with van der Waals surface area (Å²) in [5.74, 6) is -2.02. The van der Waals surface area contributed by atoms with Crippen LogP contribution in [0.3, 0.4) is 0 Å². The predicted molar refractivity (Wildman–Crippen MR) is 50.3 cm³/mol. The minimum atomic E-state index is -5.18. The molecule has 0 atom stereocenters. The second kappa shape index (κ2) is 5.84. The van der Waals surface area contributed by atoms with Gasteiger partial charge in [-0.1, -0.05) is 15.2 Å². The number of hydrogen-bond acceptors (Lipinski definition) is 12. The van der Waals surface area contributed by atoms with Crippen molar-refractivity contribution in [2.24, 2.45) is 0 Å². The Morgan fingerprint density at radius 2 is 1.20 bits per heavy atom. The van der Waals surface area contributed by atoms with Gasteiger partial charge >= 0.3 is 81.8 Å². The molecule has 0 aromatic carbocycles. The molecule has 0 aromatic rings. The molecule has 0 unspecified atom stereocenters. The van der Waals surface area contributed by atoms with E-state index in [0.29, 0.717) is 0 Å². The van der Waals surface area contributed by atoms with Gasteiger partial charge in [-0.15, -0.1) is 0 Å². The molecule has 12 nitrogen and oxygen atoms in total. The summed E-state index contributed by atoms with van der Waals surface area (Å²) < 4.78 is 60.4. The molecule has 5 aliphatic rings. The molecule has 0 amide bonds. The molecular formula is C2H4O12P4SnTc. The molecule has 1 spiro atoms. The Morgan fingerprint density at radius 1 is 0.900 bits per heavy atom. The van der Waals surface area contributed by atoms with E-state index >= 15 is 0 Å². The molecule has 0 aliphatic carbocycles. The summed E-state index contributed by atoms with van der Waals surface area (Å²) in [5, 5.41) is 0. The summed E-state index contributed by atoms with van der Waals surface area (Å²) in [7, 11) is -16.2. The molecule has 5 fully saturated rings. The Labute approximate surface area is 131 Å². The summed E-state index contributed by atoms with van der Waals surface area (Å²) in [6, 6.07) is 0. The van der Waals surface area contributed by atoms with Gasteiger partial charge in [0, 0.05) is 5.90 Å². The van der Waals surface area contributed by atoms with E-state index in [0.717, 1.165) is 0 Å². The monoisotopic (exact) mass is 561 g/mol. The van der Waals surface area contributed by atoms with Crippen LogP contribution in [0, 0.1) is 0 Å². The van der Waals surface area contributed by atoms with Crippen molar-refractivity contribution in [3.8, 4) is 0 Å². The van der Waals surface area contributed by atoms with Crippen molar-refractivity contribution in [1.82, 2.24) is 0 Å². The Kier molecular flexibility index (Phi) is 5.87. The van der Waals surface area contributed by atoms with Gasteiger partial charge in [-0.25, -0.2) is 0 Å². The summed E-state index contributed by atoms with van der Waals surface area (Å²) in [6.07, 6.45) is 0. The van der Waals surface area contributed by atoms with Crippen LogP contribution in [-0.4, -0.2) is 31.8 Å². The molecule has 0 N–H and O–H groups in total. The van der Waals surface area contributed by atoms with E-state index in [2.05, 4.69) is 0 Å². The number of hydrogen-bond donors (Lipinski definition) is 0. The van der Waals surface area contributed by atoms with Gasteiger partial charge < -0.3 is 28.7 Å². The molecule has 0 saturated carbocycles. The first kappa shape index (κ1) is 20.1. The van der Waals surface area contributed by atoms with Crippen LogP contribution in [0.5, 0.6) is 0 Å². The van der Waals surface area contributed by atoms with Crippen molar-refractivity contribution < 1.29 is 69.4 Å². The van der Waals surface area contributed by atoms with Gasteiger partial charge in [-0.3, -0.25) is 0 Å². The van der Waals surface area contributed by atoms with Crippen molar-refractivity contribution in [3.05, 3.63) is 0 Å². The average molecular weight is 561 g/mol. The first-order valence-corrected chi connectivity index (χ1v) is 15.8. The first-order chi connectivity index (χ1) is 8.24. The van der Waals surface area contributed by atoms with Crippen LogP contribution in [-0.2, 0) is 49.8 Å². The largest absolute Gasteiger partial charge is 4.00 e. The van der Waals surface area contributed by atoms with Gasteiger partial charge in [0.2, 0.25) is 0 Å². The normalized spacial score (nSPS) is 41.2. The minimum Gasteiger partial charge on any atom is 4.00 e.